The van der Waals surface area contributed by atoms with Gasteiger partial charge in [0.1, 0.15) is 6.10 Å². The minimum Gasteiger partial charge on any atom is -0.365 e. The molecule has 35 heavy (non-hydrogen) atoms. The van der Waals surface area contributed by atoms with Crippen LogP contribution in [-0.2, 0) is 39.5 Å². The molecule has 1 aliphatic heterocycles. The van der Waals surface area contributed by atoms with Gasteiger partial charge in [0.2, 0.25) is 0 Å². The normalized spacial score (nSPS) is 15.5. The van der Waals surface area contributed by atoms with Crippen LogP contribution in [0.25, 0.3) is 22.2 Å². The van der Waals surface area contributed by atoms with Crippen molar-refractivity contribution < 1.29 is 4.74 Å². The van der Waals surface area contributed by atoms with Gasteiger partial charge in [0, 0.05) is 40.4 Å². The van der Waals surface area contributed by atoms with Crippen LogP contribution >= 0.6 is 0 Å². The van der Waals surface area contributed by atoms with Gasteiger partial charge in [-0.2, -0.15) is 0 Å². The van der Waals surface area contributed by atoms with Crippen molar-refractivity contribution in [1.29, 1.82) is 0 Å². The van der Waals surface area contributed by atoms with Crippen LogP contribution in [0.1, 0.15) is 28.6 Å². The first-order valence-electron chi connectivity index (χ1n) is 11.3. The van der Waals surface area contributed by atoms with E-state index in [1.807, 2.05) is 35.8 Å². The van der Waals surface area contributed by atoms with Crippen molar-refractivity contribution in [2.75, 3.05) is 6.61 Å². The molecule has 0 bridgehead atoms. The van der Waals surface area contributed by atoms with E-state index in [-0.39, 0.29) is 6.61 Å². The summed E-state index contributed by atoms with van der Waals surface area (Å²) in [5.41, 5.74) is 2.51. The van der Waals surface area contributed by atoms with Gasteiger partial charge < -0.3 is 13.9 Å². The molecule has 4 aromatic rings. The molecule has 3 aromatic heterocycles. The van der Waals surface area contributed by atoms with E-state index in [2.05, 4.69) is 0 Å². The number of rotatable bonds is 2. The lowest BCUT2D eigenvalue weighted by Gasteiger charge is -2.28. The van der Waals surface area contributed by atoms with E-state index < -0.39 is 28.6 Å². The molecule has 10 heteroatoms. The Morgan fingerprint density at radius 2 is 1.51 bits per heavy atom. The molecule has 4 heterocycles. The number of fused-ring (bicyclic) bond motifs is 3. The van der Waals surface area contributed by atoms with Gasteiger partial charge in [-0.3, -0.25) is 23.3 Å². The Labute approximate surface area is 199 Å². The van der Waals surface area contributed by atoms with Gasteiger partial charge in [0.05, 0.1) is 34.5 Å². The van der Waals surface area contributed by atoms with E-state index in [1.165, 1.54) is 23.2 Å². The summed E-state index contributed by atoms with van der Waals surface area (Å²) >= 11 is 0. The van der Waals surface area contributed by atoms with Crippen LogP contribution in [-0.4, -0.2) is 29.4 Å². The van der Waals surface area contributed by atoms with Gasteiger partial charge in [-0.25, -0.2) is 9.59 Å². The van der Waals surface area contributed by atoms with Crippen LogP contribution < -0.4 is 22.5 Å². The predicted octanol–water partition coefficient (Wildman–Crippen LogP) is 0.840. The summed E-state index contributed by atoms with van der Waals surface area (Å²) < 4.78 is 13.1. The zero-order valence-electron chi connectivity index (χ0n) is 20.6. The van der Waals surface area contributed by atoms with Crippen LogP contribution in [0.15, 0.2) is 43.4 Å². The van der Waals surface area contributed by atoms with Crippen LogP contribution in [0.3, 0.4) is 0 Å². The maximum Gasteiger partial charge on any atom is 0.331 e. The number of hydrogen-bond donors (Lipinski definition) is 0. The maximum atomic E-state index is 13.5. The van der Waals surface area contributed by atoms with Crippen molar-refractivity contribution in [2.45, 2.75) is 26.5 Å². The Balaban J connectivity index is 2.00. The van der Waals surface area contributed by atoms with Crippen LogP contribution in [0.4, 0.5) is 0 Å². The second kappa shape index (κ2) is 7.81. The maximum absolute atomic E-state index is 13.5. The van der Waals surface area contributed by atoms with E-state index in [0.717, 1.165) is 20.3 Å². The van der Waals surface area contributed by atoms with Crippen molar-refractivity contribution in [1.82, 2.24) is 22.8 Å². The Morgan fingerprint density at radius 1 is 0.857 bits per heavy atom. The second-order valence-electron chi connectivity index (χ2n) is 9.14. The fraction of sp³-hybridized carbons (Fsp3) is 0.360. The molecule has 10 nitrogen and oxygen atoms in total. The summed E-state index contributed by atoms with van der Waals surface area (Å²) in [5, 5.41) is 0.394. The second-order valence-corrected chi connectivity index (χ2v) is 9.14. The molecular weight excluding hydrogens is 450 g/mol. The molecule has 5 rings (SSSR count). The highest BCUT2D eigenvalue weighted by Crippen LogP contribution is 2.40. The molecule has 0 radical (unpaired) electrons. The number of nitrogens with zero attached hydrogens (tertiary/aromatic N) is 5. The van der Waals surface area contributed by atoms with Crippen molar-refractivity contribution in [3.8, 4) is 11.3 Å². The number of benzene rings is 1. The molecule has 0 aliphatic carbocycles. The van der Waals surface area contributed by atoms with Gasteiger partial charge in [-0.15, -0.1) is 0 Å². The lowest BCUT2D eigenvalue weighted by Crippen LogP contribution is -2.42. The van der Waals surface area contributed by atoms with Crippen LogP contribution in [0.5, 0.6) is 0 Å². The molecule has 0 saturated heterocycles. The third-order valence-electron chi connectivity index (χ3n) is 7.11. The predicted molar refractivity (Wildman–Crippen MR) is 132 cm³/mol. The van der Waals surface area contributed by atoms with Crippen molar-refractivity contribution in [3.05, 3.63) is 88.5 Å². The standard InChI is InChI=1S/C25H27N5O5/c1-13-8-7-9-15(12-13)18-17-19(27(4)25(34)29(6)23(17)32)20-21(35-11-10-30(18)20)16-14(2)26(3)24(33)28(5)22(16)31/h7-9,12,21H,10-11H2,1-6H3. The third-order valence-corrected chi connectivity index (χ3v) is 7.11. The van der Waals surface area contributed by atoms with E-state index in [1.54, 1.807) is 21.0 Å². The van der Waals surface area contributed by atoms with Gasteiger partial charge in [0.15, 0.2) is 0 Å². The molecular formula is C25H27N5O5. The highest BCUT2D eigenvalue weighted by atomic mass is 16.5. The van der Waals surface area contributed by atoms with E-state index in [0.29, 0.717) is 40.1 Å². The third kappa shape index (κ3) is 3.06. The molecule has 0 fully saturated rings. The van der Waals surface area contributed by atoms with E-state index in [4.69, 9.17) is 4.74 Å². The topological polar surface area (TPSA) is 102 Å². The number of hydrogen-bond acceptors (Lipinski definition) is 5. The number of aryl methyl sites for hydroxylation is 2. The summed E-state index contributed by atoms with van der Waals surface area (Å²) in [4.78, 5) is 52.3. The fourth-order valence-electron chi connectivity index (χ4n) is 5.17. The summed E-state index contributed by atoms with van der Waals surface area (Å²) in [6.07, 6.45) is -0.868. The number of aromatic nitrogens is 5. The average molecular weight is 478 g/mol. The summed E-state index contributed by atoms with van der Waals surface area (Å²) in [6.45, 7) is 4.40. The molecule has 1 aromatic carbocycles. The van der Waals surface area contributed by atoms with Crippen molar-refractivity contribution >= 4 is 10.9 Å². The average Bonchev–Trinajstić information content (AvgIpc) is 3.20. The monoisotopic (exact) mass is 477 g/mol. The molecule has 182 valence electrons. The largest absolute Gasteiger partial charge is 0.365 e. The van der Waals surface area contributed by atoms with Gasteiger partial charge in [0.25, 0.3) is 11.1 Å². The Kier molecular flexibility index (Phi) is 5.10. The molecule has 0 saturated carbocycles. The van der Waals surface area contributed by atoms with Crippen LogP contribution in [0.2, 0.25) is 0 Å². The highest BCUT2D eigenvalue weighted by molar-refractivity contribution is 5.96. The first-order chi connectivity index (χ1) is 16.6. The van der Waals surface area contributed by atoms with Gasteiger partial charge in [-0.1, -0.05) is 23.8 Å². The molecule has 1 unspecified atom stereocenters. The molecule has 0 N–H and O–H groups in total. The van der Waals surface area contributed by atoms with E-state index >= 15 is 0 Å². The first-order valence-corrected chi connectivity index (χ1v) is 11.3. The summed E-state index contributed by atoms with van der Waals surface area (Å²) in [5.74, 6) is 0. The molecule has 0 amide bonds. The Bertz CT molecular complexity index is 1780. The van der Waals surface area contributed by atoms with E-state index in [9.17, 15) is 19.2 Å². The molecule has 0 spiro atoms. The minimum absolute atomic E-state index is 0.289. The summed E-state index contributed by atoms with van der Waals surface area (Å²) in [7, 11) is 6.10. The zero-order chi connectivity index (χ0) is 25.3. The Morgan fingerprint density at radius 3 is 2.20 bits per heavy atom. The van der Waals surface area contributed by atoms with Gasteiger partial charge in [-0.05, 0) is 25.5 Å². The smallest absolute Gasteiger partial charge is 0.331 e. The SMILES string of the molecule is Cc1cccc(-c2c3c(=O)n(C)c(=O)n(C)c3c3n2CCOC3c2c(C)n(C)c(=O)n(C)c2=O)c1. The first kappa shape index (κ1) is 22.9. The fourth-order valence-corrected chi connectivity index (χ4v) is 5.17. The lowest BCUT2D eigenvalue weighted by atomic mass is 10.0. The van der Waals surface area contributed by atoms with Crippen molar-refractivity contribution in [3.63, 3.8) is 0 Å². The highest BCUT2D eigenvalue weighted by Gasteiger charge is 2.36. The van der Waals surface area contributed by atoms with Crippen molar-refractivity contribution in [2.24, 2.45) is 28.2 Å². The number of ether oxygens (including phenoxy) is 1. The lowest BCUT2D eigenvalue weighted by molar-refractivity contribution is 0.0458. The zero-order valence-corrected chi connectivity index (χ0v) is 20.6. The van der Waals surface area contributed by atoms with Crippen LogP contribution in [0, 0.1) is 13.8 Å². The molecule has 1 aliphatic rings. The Hall–Kier alpha value is -3.92. The van der Waals surface area contributed by atoms with Gasteiger partial charge >= 0.3 is 11.4 Å². The molecule has 1 atom stereocenters. The minimum atomic E-state index is -0.868. The quantitative estimate of drug-likeness (QED) is 0.426. The summed E-state index contributed by atoms with van der Waals surface area (Å²) in [6, 6.07) is 7.82.